The lowest BCUT2D eigenvalue weighted by Gasteiger charge is -2.19. The van der Waals surface area contributed by atoms with E-state index in [4.69, 9.17) is 0 Å². The molecule has 116 valence electrons. The van der Waals surface area contributed by atoms with Crippen molar-refractivity contribution in [2.24, 2.45) is 5.92 Å². The summed E-state index contributed by atoms with van der Waals surface area (Å²) in [6, 6.07) is 13.0. The van der Waals surface area contributed by atoms with Crippen molar-refractivity contribution in [2.45, 2.75) is 32.5 Å². The van der Waals surface area contributed by atoms with Crippen molar-refractivity contribution < 1.29 is 0 Å². The zero-order chi connectivity index (χ0) is 15.4. The van der Waals surface area contributed by atoms with Gasteiger partial charge in [-0.25, -0.2) is 4.68 Å². The van der Waals surface area contributed by atoms with Crippen molar-refractivity contribution in [3.05, 3.63) is 52.0 Å². The number of hydrogen-bond acceptors (Lipinski definition) is 3. The Balaban J connectivity index is 1.52. The molecular formula is C18H17BrN4. The van der Waals surface area contributed by atoms with Crippen molar-refractivity contribution >= 4 is 32.7 Å². The van der Waals surface area contributed by atoms with Crippen molar-refractivity contribution in [3.63, 3.8) is 0 Å². The van der Waals surface area contributed by atoms with E-state index in [2.05, 4.69) is 72.2 Å². The lowest BCUT2D eigenvalue weighted by molar-refractivity contribution is 0.559. The van der Waals surface area contributed by atoms with Gasteiger partial charge in [0.25, 0.3) is 0 Å². The van der Waals surface area contributed by atoms with Gasteiger partial charge in [-0.1, -0.05) is 29.5 Å². The van der Waals surface area contributed by atoms with Gasteiger partial charge in [-0.2, -0.15) is 0 Å². The largest absolute Gasteiger partial charge is 0.362 e. The van der Waals surface area contributed by atoms with Crippen LogP contribution in [-0.4, -0.2) is 15.0 Å². The van der Waals surface area contributed by atoms with Gasteiger partial charge < -0.3 is 4.90 Å². The topological polar surface area (TPSA) is 34.0 Å². The number of rotatable bonds is 3. The number of hydrogen-bond donors (Lipinski definition) is 0. The number of aromatic nitrogens is 3. The summed E-state index contributed by atoms with van der Waals surface area (Å²) in [7, 11) is 0. The first-order chi connectivity index (χ1) is 11.3. The van der Waals surface area contributed by atoms with Crippen LogP contribution < -0.4 is 4.90 Å². The number of nitrogens with zero attached hydrogens (tertiary/aromatic N) is 4. The highest BCUT2D eigenvalue weighted by Crippen LogP contribution is 2.38. The molecule has 1 aromatic heterocycles. The fourth-order valence-electron chi connectivity index (χ4n) is 3.42. The third-order valence-electron chi connectivity index (χ3n) is 4.91. The van der Waals surface area contributed by atoms with E-state index in [9.17, 15) is 0 Å². The van der Waals surface area contributed by atoms with E-state index in [1.807, 2.05) is 0 Å². The minimum Gasteiger partial charge on any atom is -0.362 e. The number of anilines is 1. The van der Waals surface area contributed by atoms with Gasteiger partial charge in [0, 0.05) is 19.6 Å². The molecule has 2 heterocycles. The summed E-state index contributed by atoms with van der Waals surface area (Å²) in [6.07, 6.45) is 2.65. The molecule has 3 aromatic rings. The van der Waals surface area contributed by atoms with E-state index in [0.29, 0.717) is 0 Å². The normalized spacial score (nSPS) is 17.0. The molecule has 5 rings (SSSR count). The molecule has 1 fully saturated rings. The molecule has 1 aliphatic heterocycles. The molecule has 0 radical (unpaired) electrons. The summed E-state index contributed by atoms with van der Waals surface area (Å²) >= 11 is 3.77. The molecule has 0 spiro atoms. The minimum absolute atomic E-state index is 0.798. The Labute approximate surface area is 143 Å². The average Bonchev–Trinajstić information content (AvgIpc) is 3.12. The van der Waals surface area contributed by atoms with E-state index >= 15 is 0 Å². The molecule has 0 saturated heterocycles. The van der Waals surface area contributed by atoms with Crippen LogP contribution in [-0.2, 0) is 19.6 Å². The standard InChI is InChI=1S/C18H17BrN4/c19-17-15(22-10-13-3-1-2-4-14(13)11-22)7-8-16-18(17)20-21-23(16)9-12-5-6-12/h1-4,7-8,12H,5-6,9-11H2. The van der Waals surface area contributed by atoms with Crippen molar-refractivity contribution in [1.82, 2.24) is 15.0 Å². The quantitative estimate of drug-likeness (QED) is 0.696. The Hall–Kier alpha value is -1.88. The smallest absolute Gasteiger partial charge is 0.129 e. The SMILES string of the molecule is Brc1c(N2Cc3ccccc3C2)ccc2c1nnn2CC1CC1. The van der Waals surface area contributed by atoms with Crippen LogP contribution in [0.3, 0.4) is 0 Å². The molecule has 23 heavy (non-hydrogen) atoms. The molecule has 4 nitrogen and oxygen atoms in total. The van der Waals surface area contributed by atoms with Crippen molar-refractivity contribution in [3.8, 4) is 0 Å². The molecule has 0 N–H and O–H groups in total. The van der Waals surface area contributed by atoms with Crippen molar-refractivity contribution in [1.29, 1.82) is 0 Å². The summed E-state index contributed by atoms with van der Waals surface area (Å²) in [6.45, 7) is 2.91. The lowest BCUT2D eigenvalue weighted by Crippen LogP contribution is -2.15. The van der Waals surface area contributed by atoms with E-state index in [1.54, 1.807) is 0 Å². The molecule has 1 saturated carbocycles. The molecular weight excluding hydrogens is 352 g/mol. The van der Waals surface area contributed by atoms with Crippen LogP contribution in [0.15, 0.2) is 40.9 Å². The summed E-state index contributed by atoms with van der Waals surface area (Å²) in [5, 5.41) is 8.78. The maximum atomic E-state index is 4.42. The van der Waals surface area contributed by atoms with Crippen LogP contribution in [0.1, 0.15) is 24.0 Å². The van der Waals surface area contributed by atoms with Crippen LogP contribution in [0.5, 0.6) is 0 Å². The maximum absolute atomic E-state index is 4.42. The molecule has 0 unspecified atom stereocenters. The lowest BCUT2D eigenvalue weighted by atomic mass is 10.1. The summed E-state index contributed by atoms with van der Waals surface area (Å²) < 4.78 is 3.12. The zero-order valence-corrected chi connectivity index (χ0v) is 14.3. The fraction of sp³-hybridized carbons (Fsp3) is 0.333. The second kappa shape index (κ2) is 5.06. The van der Waals surface area contributed by atoms with Gasteiger partial charge in [0.2, 0.25) is 0 Å². The first kappa shape index (κ1) is 13.5. The third-order valence-corrected chi connectivity index (χ3v) is 5.70. The van der Waals surface area contributed by atoms with Gasteiger partial charge in [0.05, 0.1) is 15.7 Å². The van der Waals surface area contributed by atoms with Crippen LogP contribution >= 0.6 is 15.9 Å². The zero-order valence-electron chi connectivity index (χ0n) is 12.7. The fourth-order valence-corrected chi connectivity index (χ4v) is 4.09. The Morgan fingerprint density at radius 1 is 1.04 bits per heavy atom. The number of halogens is 1. The van der Waals surface area contributed by atoms with Crippen LogP contribution in [0.4, 0.5) is 5.69 Å². The summed E-state index contributed by atoms with van der Waals surface area (Å²) in [4.78, 5) is 2.40. The minimum atomic E-state index is 0.798. The summed E-state index contributed by atoms with van der Waals surface area (Å²) in [5.74, 6) is 0.798. The van der Waals surface area contributed by atoms with Crippen molar-refractivity contribution in [2.75, 3.05) is 4.90 Å². The Bertz CT molecular complexity index is 872. The third kappa shape index (κ3) is 2.26. The molecule has 0 atom stereocenters. The van der Waals surface area contributed by atoms with Gasteiger partial charge in [-0.15, -0.1) is 5.10 Å². The molecule has 2 aromatic carbocycles. The molecule has 5 heteroatoms. The molecule has 2 aliphatic rings. The van der Waals surface area contributed by atoms with E-state index in [0.717, 1.165) is 41.1 Å². The highest BCUT2D eigenvalue weighted by molar-refractivity contribution is 9.10. The Morgan fingerprint density at radius 3 is 2.48 bits per heavy atom. The average molecular weight is 369 g/mol. The molecule has 0 amide bonds. The predicted molar refractivity (Wildman–Crippen MR) is 94.3 cm³/mol. The number of fused-ring (bicyclic) bond motifs is 2. The monoisotopic (exact) mass is 368 g/mol. The van der Waals surface area contributed by atoms with E-state index in [1.165, 1.54) is 29.7 Å². The van der Waals surface area contributed by atoms with Crippen LogP contribution in [0.2, 0.25) is 0 Å². The van der Waals surface area contributed by atoms with Gasteiger partial charge >= 0.3 is 0 Å². The molecule has 1 aliphatic carbocycles. The highest BCUT2D eigenvalue weighted by atomic mass is 79.9. The number of benzene rings is 2. The highest BCUT2D eigenvalue weighted by Gasteiger charge is 2.25. The second-order valence-corrected chi connectivity index (χ2v) is 7.40. The van der Waals surface area contributed by atoms with Crippen LogP contribution in [0, 0.1) is 5.92 Å². The van der Waals surface area contributed by atoms with Gasteiger partial charge in [-0.05, 0) is 57.9 Å². The van der Waals surface area contributed by atoms with Crippen LogP contribution in [0.25, 0.3) is 11.0 Å². The van der Waals surface area contributed by atoms with E-state index in [-0.39, 0.29) is 0 Å². The predicted octanol–water partition coefficient (Wildman–Crippen LogP) is 4.12. The van der Waals surface area contributed by atoms with Gasteiger partial charge in [0.1, 0.15) is 5.52 Å². The maximum Gasteiger partial charge on any atom is 0.129 e. The summed E-state index contributed by atoms with van der Waals surface area (Å²) in [5.41, 5.74) is 6.13. The molecule has 0 bridgehead atoms. The van der Waals surface area contributed by atoms with Gasteiger partial charge in [-0.3, -0.25) is 0 Å². The Morgan fingerprint density at radius 2 is 1.78 bits per heavy atom. The first-order valence-corrected chi connectivity index (χ1v) is 8.92. The second-order valence-electron chi connectivity index (χ2n) is 6.61. The van der Waals surface area contributed by atoms with E-state index < -0.39 is 0 Å². The van der Waals surface area contributed by atoms with Gasteiger partial charge in [0.15, 0.2) is 0 Å². The first-order valence-electron chi connectivity index (χ1n) is 8.13. The Kier molecular flexibility index (Phi) is 2.98.